The van der Waals surface area contributed by atoms with Gasteiger partial charge in [-0.15, -0.1) is 0 Å². The summed E-state index contributed by atoms with van der Waals surface area (Å²) < 4.78 is 2.44. The van der Waals surface area contributed by atoms with Crippen LogP contribution in [0.2, 0.25) is 0 Å². The van der Waals surface area contributed by atoms with Crippen molar-refractivity contribution in [2.75, 3.05) is 0 Å². The molecule has 0 aliphatic heterocycles. The van der Waals surface area contributed by atoms with Gasteiger partial charge in [0.05, 0.1) is 5.69 Å². The maximum Gasteiger partial charge on any atom is 0.0568 e. The molecule has 0 aliphatic carbocycles. The molecule has 0 bridgehead atoms. The van der Waals surface area contributed by atoms with Crippen LogP contribution in [0.4, 0.5) is 0 Å². The molecule has 2 heterocycles. The van der Waals surface area contributed by atoms with E-state index in [9.17, 15) is 0 Å². The Morgan fingerprint density at radius 2 is 1.13 bits per heavy atom. The van der Waals surface area contributed by atoms with Gasteiger partial charge in [0.2, 0.25) is 0 Å². The fraction of sp³-hybridized carbons (Fsp3) is 0.0357. The van der Waals surface area contributed by atoms with Gasteiger partial charge >= 0.3 is 0 Å². The average Bonchev–Trinajstić information content (AvgIpc) is 3.20. The zero-order chi connectivity index (χ0) is 20.2. The zero-order valence-corrected chi connectivity index (χ0v) is 16.6. The lowest BCUT2D eigenvalue weighted by Crippen LogP contribution is -2.04. The van der Waals surface area contributed by atoms with Crippen LogP contribution in [-0.4, -0.2) is 9.55 Å². The van der Waals surface area contributed by atoms with E-state index in [0.717, 1.165) is 6.54 Å². The minimum atomic E-state index is 0.806. The van der Waals surface area contributed by atoms with Gasteiger partial charge in [0.15, 0.2) is 0 Å². The number of hydrogen-bond acceptors (Lipinski definition) is 1. The second-order valence-corrected chi connectivity index (χ2v) is 7.33. The normalized spacial score (nSPS) is 10.8. The molecule has 0 spiro atoms. The molecule has 2 heteroatoms. The average molecular weight is 386 g/mol. The second-order valence-electron chi connectivity index (χ2n) is 7.33. The molecule has 0 amide bonds. The number of benzene rings is 3. The topological polar surface area (TPSA) is 17.8 Å². The van der Waals surface area contributed by atoms with Crippen molar-refractivity contribution in [1.82, 2.24) is 9.55 Å². The number of aromatic nitrogens is 2. The van der Waals surface area contributed by atoms with Crippen molar-refractivity contribution in [2.24, 2.45) is 0 Å². The summed E-state index contributed by atoms with van der Waals surface area (Å²) in [4.78, 5) is 4.22. The summed E-state index contributed by atoms with van der Waals surface area (Å²) in [5, 5.41) is 0. The highest BCUT2D eigenvalue weighted by atomic mass is 15.0. The van der Waals surface area contributed by atoms with Crippen molar-refractivity contribution in [2.45, 2.75) is 6.54 Å². The molecule has 0 N–H and O–H groups in total. The van der Waals surface area contributed by atoms with Crippen molar-refractivity contribution in [3.05, 3.63) is 127 Å². The highest BCUT2D eigenvalue weighted by molar-refractivity contribution is 5.86. The lowest BCUT2D eigenvalue weighted by atomic mass is 10.0. The lowest BCUT2D eigenvalue weighted by Gasteiger charge is -2.15. The SMILES string of the molecule is c1ccc(Cn2c(-c3ccccc3)cc(-c3ccncc3)c2-c2ccccc2)cc1. The molecule has 3 aromatic carbocycles. The van der Waals surface area contributed by atoms with Crippen LogP contribution in [0.15, 0.2) is 122 Å². The van der Waals surface area contributed by atoms with E-state index in [4.69, 9.17) is 0 Å². The first-order chi connectivity index (χ1) is 14.9. The maximum atomic E-state index is 4.22. The molecule has 0 saturated carbocycles. The molecule has 144 valence electrons. The summed E-state index contributed by atoms with van der Waals surface area (Å²) in [5.74, 6) is 0. The molecule has 0 radical (unpaired) electrons. The van der Waals surface area contributed by atoms with Gasteiger partial charge in [0, 0.05) is 30.2 Å². The molecule has 0 fully saturated rings. The Hall–Kier alpha value is -3.91. The molecule has 30 heavy (non-hydrogen) atoms. The van der Waals surface area contributed by atoms with Gasteiger partial charge in [0.25, 0.3) is 0 Å². The summed E-state index contributed by atoms with van der Waals surface area (Å²) in [6, 6.07) is 38.4. The predicted octanol–water partition coefficient (Wildman–Crippen LogP) is 6.93. The largest absolute Gasteiger partial charge is 0.335 e. The first-order valence-electron chi connectivity index (χ1n) is 10.2. The van der Waals surface area contributed by atoms with Crippen molar-refractivity contribution in [1.29, 1.82) is 0 Å². The van der Waals surface area contributed by atoms with Crippen LogP contribution in [0.1, 0.15) is 5.56 Å². The van der Waals surface area contributed by atoms with Gasteiger partial charge in [-0.3, -0.25) is 4.98 Å². The van der Waals surface area contributed by atoms with Gasteiger partial charge < -0.3 is 4.57 Å². The van der Waals surface area contributed by atoms with Crippen LogP contribution in [-0.2, 0) is 6.54 Å². The molecule has 5 aromatic rings. The van der Waals surface area contributed by atoms with Crippen LogP contribution >= 0.6 is 0 Å². The minimum Gasteiger partial charge on any atom is -0.335 e. The van der Waals surface area contributed by atoms with E-state index < -0.39 is 0 Å². The van der Waals surface area contributed by atoms with Gasteiger partial charge in [-0.1, -0.05) is 91.0 Å². The molecule has 2 nitrogen and oxygen atoms in total. The predicted molar refractivity (Wildman–Crippen MR) is 124 cm³/mol. The van der Waals surface area contributed by atoms with E-state index in [-0.39, 0.29) is 0 Å². The standard InChI is InChI=1S/C28H22N2/c1-4-10-22(11-5-1)21-30-27(24-12-6-2-7-13-24)20-26(23-16-18-29-19-17-23)28(30)25-14-8-3-9-15-25/h1-20H,21H2. The maximum absolute atomic E-state index is 4.22. The Bertz CT molecular complexity index is 1230. The van der Waals surface area contributed by atoms with Gasteiger partial charge in [-0.25, -0.2) is 0 Å². The second kappa shape index (κ2) is 8.22. The number of pyridine rings is 1. The summed E-state index contributed by atoms with van der Waals surface area (Å²) >= 11 is 0. The fourth-order valence-corrected chi connectivity index (χ4v) is 3.99. The number of nitrogens with zero attached hydrogens (tertiary/aromatic N) is 2. The first-order valence-corrected chi connectivity index (χ1v) is 10.2. The Balaban J connectivity index is 1.80. The summed E-state index contributed by atoms with van der Waals surface area (Å²) in [6.07, 6.45) is 3.72. The molecular weight excluding hydrogens is 364 g/mol. The molecule has 5 rings (SSSR count). The van der Waals surface area contributed by atoms with E-state index in [0.29, 0.717) is 0 Å². The molecule has 0 saturated heterocycles. The van der Waals surface area contributed by atoms with Crippen LogP contribution in [0, 0.1) is 0 Å². The minimum absolute atomic E-state index is 0.806. The molecule has 0 atom stereocenters. The smallest absolute Gasteiger partial charge is 0.0568 e. The highest BCUT2D eigenvalue weighted by Crippen LogP contribution is 2.39. The van der Waals surface area contributed by atoms with E-state index in [1.807, 2.05) is 12.4 Å². The van der Waals surface area contributed by atoms with E-state index in [2.05, 4.69) is 119 Å². The fourth-order valence-electron chi connectivity index (χ4n) is 3.99. The van der Waals surface area contributed by atoms with Crippen molar-refractivity contribution < 1.29 is 0 Å². The van der Waals surface area contributed by atoms with Crippen LogP contribution in [0.3, 0.4) is 0 Å². The Labute approximate surface area is 177 Å². The van der Waals surface area contributed by atoms with E-state index >= 15 is 0 Å². The first kappa shape index (κ1) is 18.1. The third-order valence-electron chi connectivity index (χ3n) is 5.39. The zero-order valence-electron chi connectivity index (χ0n) is 16.6. The van der Waals surface area contributed by atoms with Crippen molar-refractivity contribution in [3.63, 3.8) is 0 Å². The monoisotopic (exact) mass is 386 g/mol. The van der Waals surface area contributed by atoms with E-state index in [1.165, 1.54) is 39.2 Å². The van der Waals surface area contributed by atoms with Crippen LogP contribution < -0.4 is 0 Å². The van der Waals surface area contributed by atoms with Crippen molar-refractivity contribution in [3.8, 4) is 33.6 Å². The highest BCUT2D eigenvalue weighted by Gasteiger charge is 2.19. The summed E-state index contributed by atoms with van der Waals surface area (Å²) in [7, 11) is 0. The number of hydrogen-bond donors (Lipinski definition) is 0. The van der Waals surface area contributed by atoms with Gasteiger partial charge in [-0.05, 0) is 40.5 Å². The molecule has 2 aromatic heterocycles. The summed E-state index contributed by atoms with van der Waals surface area (Å²) in [6.45, 7) is 0.806. The number of rotatable bonds is 5. The lowest BCUT2D eigenvalue weighted by molar-refractivity contribution is 0.823. The molecule has 0 aliphatic rings. The Morgan fingerprint density at radius 3 is 1.77 bits per heavy atom. The van der Waals surface area contributed by atoms with Gasteiger partial charge in [-0.2, -0.15) is 0 Å². The van der Waals surface area contributed by atoms with Gasteiger partial charge in [0.1, 0.15) is 0 Å². The van der Waals surface area contributed by atoms with Crippen LogP contribution in [0.25, 0.3) is 33.6 Å². The molecule has 0 unspecified atom stereocenters. The quantitative estimate of drug-likeness (QED) is 0.320. The van der Waals surface area contributed by atoms with Crippen molar-refractivity contribution >= 4 is 0 Å². The van der Waals surface area contributed by atoms with E-state index in [1.54, 1.807) is 0 Å². The summed E-state index contributed by atoms with van der Waals surface area (Å²) in [5.41, 5.74) is 8.54. The third-order valence-corrected chi connectivity index (χ3v) is 5.39. The Kier molecular flexibility index (Phi) is 4.97. The van der Waals surface area contributed by atoms with Crippen LogP contribution in [0.5, 0.6) is 0 Å². The Morgan fingerprint density at radius 1 is 0.567 bits per heavy atom. The third kappa shape index (κ3) is 3.56. The molecular formula is C28H22N2.